The molecule has 7 heteroatoms. The van der Waals surface area contributed by atoms with E-state index in [0.29, 0.717) is 23.6 Å². The molecular weight excluding hydrogens is 350 g/mol. The Labute approximate surface area is 153 Å². The van der Waals surface area contributed by atoms with Crippen LogP contribution in [0, 0.1) is 5.92 Å². The first kappa shape index (κ1) is 18.1. The largest absolute Gasteiger partial charge is 0.475 e. The zero-order chi connectivity index (χ0) is 18.6. The average Bonchev–Trinajstić information content (AvgIpc) is 2.62. The van der Waals surface area contributed by atoms with Gasteiger partial charge in [-0.2, -0.15) is 0 Å². The van der Waals surface area contributed by atoms with Gasteiger partial charge in [0.15, 0.2) is 0 Å². The number of aromatic nitrogens is 2. The Bertz CT molecular complexity index is 989. The summed E-state index contributed by atoms with van der Waals surface area (Å²) in [5.74, 6) is 0.744. The molecule has 1 N–H and O–H groups in total. The first-order chi connectivity index (χ1) is 12.5. The molecule has 26 heavy (non-hydrogen) atoms. The van der Waals surface area contributed by atoms with Crippen molar-refractivity contribution in [3.63, 3.8) is 0 Å². The summed E-state index contributed by atoms with van der Waals surface area (Å²) in [6.07, 6.45) is 0.833. The Balaban J connectivity index is 1.97. The Hall–Kier alpha value is -2.67. The third-order valence-electron chi connectivity index (χ3n) is 3.76. The molecule has 0 fully saturated rings. The van der Waals surface area contributed by atoms with Crippen LogP contribution in [0.1, 0.15) is 20.3 Å². The van der Waals surface area contributed by atoms with E-state index in [1.54, 1.807) is 24.3 Å². The van der Waals surface area contributed by atoms with Crippen LogP contribution >= 0.6 is 0 Å². The van der Waals surface area contributed by atoms with Gasteiger partial charge in [-0.1, -0.05) is 44.2 Å². The van der Waals surface area contributed by atoms with E-state index in [4.69, 9.17) is 4.74 Å². The summed E-state index contributed by atoms with van der Waals surface area (Å²) in [6, 6.07) is 15.4. The van der Waals surface area contributed by atoms with Crippen molar-refractivity contribution in [1.82, 2.24) is 9.97 Å². The minimum atomic E-state index is -3.78. The summed E-state index contributed by atoms with van der Waals surface area (Å²) < 4.78 is 33.5. The molecule has 0 atom stereocenters. The topological polar surface area (TPSA) is 81.2 Å². The van der Waals surface area contributed by atoms with Crippen molar-refractivity contribution < 1.29 is 13.2 Å². The number of sulfonamides is 1. The minimum Gasteiger partial charge on any atom is -0.475 e. The number of ether oxygens (including phenoxy) is 1. The molecule has 0 spiro atoms. The molecule has 2 aromatic carbocycles. The molecule has 0 unspecified atom stereocenters. The highest BCUT2D eigenvalue weighted by atomic mass is 32.2. The van der Waals surface area contributed by atoms with Crippen molar-refractivity contribution in [2.24, 2.45) is 5.92 Å². The van der Waals surface area contributed by atoms with Gasteiger partial charge in [0.1, 0.15) is 0 Å². The van der Waals surface area contributed by atoms with Crippen LogP contribution in [0.5, 0.6) is 5.88 Å². The monoisotopic (exact) mass is 371 g/mol. The molecule has 0 aliphatic heterocycles. The van der Waals surface area contributed by atoms with Gasteiger partial charge < -0.3 is 4.74 Å². The summed E-state index contributed by atoms with van der Waals surface area (Å²) in [5.41, 5.74) is 1.24. The van der Waals surface area contributed by atoms with E-state index in [1.165, 1.54) is 12.1 Å². The smallest absolute Gasteiger partial charge is 0.263 e. The molecule has 3 aromatic rings. The van der Waals surface area contributed by atoms with Crippen LogP contribution in [0.3, 0.4) is 0 Å². The van der Waals surface area contributed by atoms with Gasteiger partial charge in [0.2, 0.25) is 5.82 Å². The summed E-state index contributed by atoms with van der Waals surface area (Å²) in [4.78, 5) is 9.00. The lowest BCUT2D eigenvalue weighted by Crippen LogP contribution is -2.16. The SMILES string of the molecule is CC(C)CCOc1nc2ccccc2nc1NS(=O)(=O)c1ccccc1. The number of para-hydroxylation sites is 2. The van der Waals surface area contributed by atoms with Crippen LogP contribution in [-0.2, 0) is 10.0 Å². The van der Waals surface area contributed by atoms with E-state index >= 15 is 0 Å². The summed E-state index contributed by atoms with van der Waals surface area (Å²) in [7, 11) is -3.78. The maximum absolute atomic E-state index is 12.6. The Kier molecular flexibility index (Phi) is 5.37. The Morgan fingerprint density at radius 1 is 0.962 bits per heavy atom. The fourth-order valence-corrected chi connectivity index (χ4v) is 3.35. The molecule has 1 heterocycles. The predicted molar refractivity (Wildman–Crippen MR) is 102 cm³/mol. The molecule has 0 saturated heterocycles. The van der Waals surface area contributed by atoms with E-state index in [9.17, 15) is 8.42 Å². The molecule has 1 aromatic heterocycles. The van der Waals surface area contributed by atoms with Crippen LogP contribution in [0.4, 0.5) is 5.82 Å². The summed E-state index contributed by atoms with van der Waals surface area (Å²) in [6.45, 7) is 4.62. The molecule has 6 nitrogen and oxygen atoms in total. The van der Waals surface area contributed by atoms with E-state index in [0.717, 1.165) is 6.42 Å². The zero-order valence-electron chi connectivity index (χ0n) is 14.7. The zero-order valence-corrected chi connectivity index (χ0v) is 15.5. The highest BCUT2D eigenvalue weighted by molar-refractivity contribution is 7.92. The molecule has 3 rings (SSSR count). The number of anilines is 1. The Morgan fingerprint density at radius 2 is 1.58 bits per heavy atom. The number of hydrogen-bond acceptors (Lipinski definition) is 5. The molecule has 0 saturated carbocycles. The van der Waals surface area contributed by atoms with Crippen molar-refractivity contribution >= 4 is 26.9 Å². The molecule has 0 amide bonds. The van der Waals surface area contributed by atoms with Gasteiger partial charge in [-0.25, -0.2) is 18.4 Å². The van der Waals surface area contributed by atoms with Gasteiger partial charge in [-0.05, 0) is 36.6 Å². The van der Waals surface area contributed by atoms with Gasteiger partial charge in [-0.15, -0.1) is 0 Å². The van der Waals surface area contributed by atoms with Crippen LogP contribution < -0.4 is 9.46 Å². The summed E-state index contributed by atoms with van der Waals surface area (Å²) >= 11 is 0. The first-order valence-electron chi connectivity index (χ1n) is 8.43. The minimum absolute atomic E-state index is 0.0938. The number of nitrogens with zero attached hydrogens (tertiary/aromatic N) is 2. The van der Waals surface area contributed by atoms with Crippen molar-refractivity contribution in [2.45, 2.75) is 25.2 Å². The lowest BCUT2D eigenvalue weighted by atomic mass is 10.1. The maximum Gasteiger partial charge on any atom is 0.263 e. The van der Waals surface area contributed by atoms with Crippen LogP contribution in [0.15, 0.2) is 59.5 Å². The number of hydrogen-bond donors (Lipinski definition) is 1. The second-order valence-electron chi connectivity index (χ2n) is 6.32. The molecule has 0 aliphatic rings. The summed E-state index contributed by atoms with van der Waals surface area (Å²) in [5, 5.41) is 0. The second-order valence-corrected chi connectivity index (χ2v) is 8.00. The van der Waals surface area contributed by atoms with Crippen molar-refractivity contribution in [2.75, 3.05) is 11.3 Å². The lowest BCUT2D eigenvalue weighted by molar-refractivity contribution is 0.281. The third kappa shape index (κ3) is 4.29. The van der Waals surface area contributed by atoms with E-state index in [2.05, 4.69) is 28.5 Å². The fraction of sp³-hybridized carbons (Fsp3) is 0.263. The maximum atomic E-state index is 12.6. The van der Waals surface area contributed by atoms with Crippen molar-refractivity contribution in [3.8, 4) is 5.88 Å². The average molecular weight is 371 g/mol. The number of nitrogens with one attached hydrogen (secondary N) is 1. The normalized spacial score (nSPS) is 11.7. The van der Waals surface area contributed by atoms with Gasteiger partial charge in [0.25, 0.3) is 15.9 Å². The standard InChI is InChI=1S/C19H21N3O3S/c1-14(2)12-13-25-19-18(20-16-10-6-7-11-17(16)21-19)22-26(23,24)15-8-4-3-5-9-15/h3-11,14H,12-13H2,1-2H3,(H,20,22). The second kappa shape index (κ2) is 7.70. The predicted octanol–water partition coefficient (Wildman–Crippen LogP) is 3.86. The van der Waals surface area contributed by atoms with Gasteiger partial charge in [0, 0.05) is 0 Å². The van der Waals surface area contributed by atoms with Crippen LogP contribution in [0.25, 0.3) is 11.0 Å². The highest BCUT2D eigenvalue weighted by Gasteiger charge is 2.19. The number of rotatable bonds is 7. The molecular formula is C19H21N3O3S. The molecule has 0 aliphatic carbocycles. The first-order valence-corrected chi connectivity index (χ1v) is 9.91. The fourth-order valence-electron chi connectivity index (χ4n) is 2.33. The van der Waals surface area contributed by atoms with Crippen LogP contribution in [0.2, 0.25) is 0 Å². The highest BCUT2D eigenvalue weighted by Crippen LogP contribution is 2.26. The van der Waals surface area contributed by atoms with E-state index in [1.807, 2.05) is 18.2 Å². The Morgan fingerprint density at radius 3 is 2.23 bits per heavy atom. The third-order valence-corrected chi connectivity index (χ3v) is 5.11. The number of fused-ring (bicyclic) bond motifs is 1. The van der Waals surface area contributed by atoms with Gasteiger partial charge >= 0.3 is 0 Å². The van der Waals surface area contributed by atoms with Gasteiger partial charge in [-0.3, -0.25) is 4.72 Å². The van der Waals surface area contributed by atoms with E-state index < -0.39 is 10.0 Å². The molecule has 136 valence electrons. The molecule has 0 bridgehead atoms. The van der Waals surface area contributed by atoms with Crippen molar-refractivity contribution in [3.05, 3.63) is 54.6 Å². The quantitative estimate of drug-likeness (QED) is 0.682. The van der Waals surface area contributed by atoms with Crippen LogP contribution in [-0.4, -0.2) is 25.0 Å². The van der Waals surface area contributed by atoms with Crippen molar-refractivity contribution in [1.29, 1.82) is 0 Å². The van der Waals surface area contributed by atoms with E-state index in [-0.39, 0.29) is 16.6 Å². The lowest BCUT2D eigenvalue weighted by Gasteiger charge is -2.13. The molecule has 0 radical (unpaired) electrons. The number of benzene rings is 2. The van der Waals surface area contributed by atoms with Gasteiger partial charge in [0.05, 0.1) is 22.5 Å².